The summed E-state index contributed by atoms with van der Waals surface area (Å²) >= 11 is 0. The highest BCUT2D eigenvalue weighted by molar-refractivity contribution is 5.33. The second kappa shape index (κ2) is 19.0. The summed E-state index contributed by atoms with van der Waals surface area (Å²) in [5, 5.41) is 30.0. The lowest BCUT2D eigenvalue weighted by Gasteiger charge is -2.40. The second-order valence-corrected chi connectivity index (χ2v) is 13.3. The number of rotatable bonds is 15. The molecule has 0 amide bonds. The Bertz CT molecular complexity index is 1060. The van der Waals surface area contributed by atoms with Gasteiger partial charge in [-0.25, -0.2) is 0 Å². The lowest BCUT2D eigenvalue weighted by Crippen LogP contribution is -2.44. The van der Waals surface area contributed by atoms with E-state index < -0.39 is 11.2 Å². The zero-order valence-electron chi connectivity index (χ0n) is 28.4. The van der Waals surface area contributed by atoms with Gasteiger partial charge in [0.15, 0.2) is 0 Å². The van der Waals surface area contributed by atoms with Crippen molar-refractivity contribution in [1.82, 2.24) is 10.6 Å². The molecule has 2 saturated heterocycles. The van der Waals surface area contributed by atoms with Crippen molar-refractivity contribution in [3.8, 4) is 0 Å². The van der Waals surface area contributed by atoms with E-state index in [1.165, 1.54) is 16.7 Å². The molecule has 248 valence electrons. The van der Waals surface area contributed by atoms with E-state index in [0.29, 0.717) is 11.8 Å². The summed E-state index contributed by atoms with van der Waals surface area (Å²) in [6, 6.07) is 15.0. The molecular weight excluding hydrogens is 548 g/mol. The number of methoxy groups -OCH3 is 2. The van der Waals surface area contributed by atoms with Gasteiger partial charge in [-0.3, -0.25) is 0 Å². The van der Waals surface area contributed by atoms with Crippen LogP contribution >= 0.6 is 0 Å². The van der Waals surface area contributed by atoms with Gasteiger partial charge in [0.2, 0.25) is 0 Å². The van der Waals surface area contributed by atoms with Crippen molar-refractivity contribution in [3.05, 3.63) is 70.3 Å². The van der Waals surface area contributed by atoms with Crippen LogP contribution in [0.15, 0.2) is 42.5 Å². The van der Waals surface area contributed by atoms with E-state index in [0.717, 1.165) is 121 Å². The van der Waals surface area contributed by atoms with Crippen LogP contribution in [0, 0.1) is 25.7 Å². The molecular formula is C38H62N2O4. The average molecular weight is 611 g/mol. The van der Waals surface area contributed by atoms with Gasteiger partial charge in [-0.05, 0) is 114 Å². The molecule has 0 bridgehead atoms. The molecule has 2 aromatic rings. The van der Waals surface area contributed by atoms with Crippen molar-refractivity contribution in [2.75, 3.05) is 53.6 Å². The number of ether oxygens (including phenoxy) is 2. The first kappa shape index (κ1) is 36.7. The van der Waals surface area contributed by atoms with Crippen LogP contribution in [0.25, 0.3) is 0 Å². The summed E-state index contributed by atoms with van der Waals surface area (Å²) in [5.74, 6) is 0.598. The summed E-state index contributed by atoms with van der Waals surface area (Å²) < 4.78 is 10.3. The fourth-order valence-corrected chi connectivity index (χ4v) is 7.25. The fraction of sp³-hybridized carbons (Fsp3) is 0.684. The quantitative estimate of drug-likeness (QED) is 0.171. The summed E-state index contributed by atoms with van der Waals surface area (Å²) in [7, 11) is 3.48. The molecule has 4 rings (SSSR count). The normalized spacial score (nSPS) is 21.5. The predicted octanol–water partition coefficient (Wildman–Crippen LogP) is 6.56. The van der Waals surface area contributed by atoms with E-state index >= 15 is 0 Å². The average Bonchev–Trinajstić information content (AvgIpc) is 3.05. The third-order valence-electron chi connectivity index (χ3n) is 9.81. The van der Waals surface area contributed by atoms with Gasteiger partial charge < -0.3 is 30.3 Å². The van der Waals surface area contributed by atoms with Crippen LogP contribution in [0.5, 0.6) is 0 Å². The number of hydrogen-bond donors (Lipinski definition) is 4. The highest BCUT2D eigenvalue weighted by atomic mass is 16.5. The van der Waals surface area contributed by atoms with Gasteiger partial charge in [0, 0.05) is 52.4 Å². The Labute approximate surface area is 268 Å². The molecule has 4 N–H and O–H groups in total. The molecule has 6 nitrogen and oxygen atoms in total. The molecule has 0 aromatic heterocycles. The first-order valence-corrected chi connectivity index (χ1v) is 17.3. The number of hydrogen-bond acceptors (Lipinski definition) is 6. The Kier molecular flexibility index (Phi) is 15.8. The minimum absolute atomic E-state index is 0.296. The second-order valence-electron chi connectivity index (χ2n) is 13.3. The largest absolute Gasteiger partial charge is 0.385 e. The zero-order valence-corrected chi connectivity index (χ0v) is 28.4. The third kappa shape index (κ3) is 10.6. The maximum absolute atomic E-state index is 11.6. The lowest BCUT2D eigenvalue weighted by atomic mass is 9.74. The van der Waals surface area contributed by atoms with E-state index in [9.17, 15) is 10.2 Å². The molecule has 2 fully saturated rings. The van der Waals surface area contributed by atoms with Crippen molar-refractivity contribution in [2.45, 2.75) is 103 Å². The maximum atomic E-state index is 11.6. The van der Waals surface area contributed by atoms with Crippen LogP contribution in [0.1, 0.15) is 98.9 Å². The van der Waals surface area contributed by atoms with Crippen LogP contribution in [0.3, 0.4) is 0 Å². The van der Waals surface area contributed by atoms with Crippen LogP contribution in [-0.2, 0) is 27.1 Å². The first-order valence-electron chi connectivity index (χ1n) is 17.3. The Morgan fingerprint density at radius 2 is 1.25 bits per heavy atom. The topological polar surface area (TPSA) is 83.0 Å². The number of nitrogens with one attached hydrogen (secondary N) is 2. The Hall–Kier alpha value is -1.80. The standard InChI is InChI=1S/2C19H31NO2/c1-15-11-16(2)13-18(12-15)19(21,8-4-5-10-22-3)17-7-6-9-20-14-17;1-3-16-8-6-9-17(14-16)19(21,11-4-5-13-22-2)18-10-7-12-20-15-18/h11-13,17,20-21H,4-10,14H2,1-3H3;6,8-9,14,18,20-21H,3-5,7,10-13,15H2,1-2H3/t17-,19+;18-,19-/m11/s1. The fourth-order valence-electron chi connectivity index (χ4n) is 7.25. The van der Waals surface area contributed by atoms with Gasteiger partial charge in [0.05, 0.1) is 11.2 Å². The summed E-state index contributed by atoms with van der Waals surface area (Å²) in [6.07, 6.45) is 11.1. The Balaban J connectivity index is 0.000000240. The minimum atomic E-state index is -0.724. The highest BCUT2D eigenvalue weighted by Crippen LogP contribution is 2.40. The van der Waals surface area contributed by atoms with E-state index in [4.69, 9.17) is 9.47 Å². The number of aliphatic hydroxyl groups is 2. The molecule has 6 heteroatoms. The Morgan fingerprint density at radius 1 is 0.727 bits per heavy atom. The molecule has 2 aliphatic heterocycles. The van der Waals surface area contributed by atoms with Crippen LogP contribution in [-0.4, -0.2) is 63.8 Å². The molecule has 0 unspecified atom stereocenters. The third-order valence-corrected chi connectivity index (χ3v) is 9.81. The summed E-state index contributed by atoms with van der Waals surface area (Å²) in [5.41, 5.74) is 4.51. The van der Waals surface area contributed by atoms with Gasteiger partial charge in [-0.15, -0.1) is 0 Å². The van der Waals surface area contributed by atoms with Gasteiger partial charge >= 0.3 is 0 Å². The molecule has 0 saturated carbocycles. The predicted molar refractivity (Wildman–Crippen MR) is 182 cm³/mol. The number of piperidine rings is 2. The monoisotopic (exact) mass is 610 g/mol. The van der Waals surface area contributed by atoms with Crippen molar-refractivity contribution in [3.63, 3.8) is 0 Å². The summed E-state index contributed by atoms with van der Waals surface area (Å²) in [6.45, 7) is 11.9. The van der Waals surface area contributed by atoms with Crippen LogP contribution < -0.4 is 10.6 Å². The van der Waals surface area contributed by atoms with E-state index in [1.54, 1.807) is 14.2 Å². The molecule has 0 aliphatic carbocycles. The molecule has 0 radical (unpaired) electrons. The van der Waals surface area contributed by atoms with Crippen LogP contribution in [0.2, 0.25) is 0 Å². The van der Waals surface area contributed by atoms with Gasteiger partial charge in [0.25, 0.3) is 0 Å². The highest BCUT2D eigenvalue weighted by Gasteiger charge is 2.39. The van der Waals surface area contributed by atoms with Crippen molar-refractivity contribution >= 4 is 0 Å². The number of unbranched alkanes of at least 4 members (excludes halogenated alkanes) is 2. The number of benzene rings is 2. The maximum Gasteiger partial charge on any atom is 0.0936 e. The summed E-state index contributed by atoms with van der Waals surface area (Å²) in [4.78, 5) is 0. The van der Waals surface area contributed by atoms with E-state index in [-0.39, 0.29) is 0 Å². The minimum Gasteiger partial charge on any atom is -0.385 e. The van der Waals surface area contributed by atoms with Crippen molar-refractivity contribution in [1.29, 1.82) is 0 Å². The Morgan fingerprint density at radius 3 is 1.70 bits per heavy atom. The first-order chi connectivity index (χ1) is 21.3. The molecule has 2 aromatic carbocycles. The van der Waals surface area contributed by atoms with Crippen molar-refractivity contribution < 1.29 is 19.7 Å². The van der Waals surface area contributed by atoms with Crippen LogP contribution in [0.4, 0.5) is 0 Å². The molecule has 4 atom stereocenters. The van der Waals surface area contributed by atoms with Gasteiger partial charge in [-0.2, -0.15) is 0 Å². The van der Waals surface area contributed by atoms with E-state index in [1.807, 2.05) is 0 Å². The molecule has 44 heavy (non-hydrogen) atoms. The molecule has 2 heterocycles. The zero-order chi connectivity index (χ0) is 31.8. The number of aryl methyl sites for hydroxylation is 3. The smallest absolute Gasteiger partial charge is 0.0936 e. The van der Waals surface area contributed by atoms with Gasteiger partial charge in [0.1, 0.15) is 0 Å². The molecule has 2 aliphatic rings. The molecule has 0 spiro atoms. The van der Waals surface area contributed by atoms with E-state index in [2.05, 4.69) is 73.9 Å². The van der Waals surface area contributed by atoms with Gasteiger partial charge in [-0.1, -0.05) is 60.5 Å². The SMILES string of the molecule is CCc1cccc([C@](O)(CCCCOC)[C@@H]2CCCNC2)c1.COCCCC[C@@](O)(c1cc(C)cc(C)c1)[C@@H]1CCCNC1. The van der Waals surface area contributed by atoms with Crippen molar-refractivity contribution in [2.24, 2.45) is 11.8 Å². The lowest BCUT2D eigenvalue weighted by molar-refractivity contribution is -0.0437.